The van der Waals surface area contributed by atoms with Crippen molar-refractivity contribution in [1.29, 1.82) is 0 Å². The molecule has 0 bridgehead atoms. The summed E-state index contributed by atoms with van der Waals surface area (Å²) in [6, 6.07) is 9.88. The van der Waals surface area contributed by atoms with Crippen molar-refractivity contribution in [3.8, 4) is 0 Å². The van der Waals surface area contributed by atoms with Gasteiger partial charge in [0.05, 0.1) is 10.6 Å². The van der Waals surface area contributed by atoms with Crippen LogP contribution in [0.15, 0.2) is 53.8 Å². The summed E-state index contributed by atoms with van der Waals surface area (Å²) in [5, 5.41) is 6.39. The zero-order chi connectivity index (χ0) is 21.7. The molecule has 3 rings (SSSR count). The number of nitrogens with zero attached hydrogens (tertiary/aromatic N) is 4. The number of aromatic nitrogens is 3. The third-order valence-corrected chi connectivity index (χ3v) is 6.72. The molecule has 0 radical (unpaired) electrons. The van der Waals surface area contributed by atoms with Gasteiger partial charge in [-0.3, -0.25) is 0 Å². The van der Waals surface area contributed by atoms with E-state index in [-0.39, 0.29) is 15.7 Å². The van der Waals surface area contributed by atoms with Gasteiger partial charge in [0.1, 0.15) is 12.0 Å². The first-order valence-corrected chi connectivity index (χ1v) is 11.0. The van der Waals surface area contributed by atoms with Gasteiger partial charge in [0.2, 0.25) is 10.0 Å². The van der Waals surface area contributed by atoms with Crippen molar-refractivity contribution < 1.29 is 8.42 Å². The van der Waals surface area contributed by atoms with Crippen molar-refractivity contribution in [3.63, 3.8) is 0 Å². The van der Waals surface area contributed by atoms with Gasteiger partial charge in [-0.2, -0.15) is 4.31 Å². The summed E-state index contributed by atoms with van der Waals surface area (Å²) in [4.78, 5) is 12.5. The summed E-state index contributed by atoms with van der Waals surface area (Å²) in [5.74, 6) is 0.731. The lowest BCUT2D eigenvalue weighted by Crippen LogP contribution is -2.30. The Hall–Kier alpha value is -2.95. The molecule has 0 atom stereocenters. The maximum absolute atomic E-state index is 12.6. The highest BCUT2D eigenvalue weighted by Gasteiger charge is 2.21. The Morgan fingerprint density at radius 1 is 1.00 bits per heavy atom. The summed E-state index contributed by atoms with van der Waals surface area (Å²) in [6.07, 6.45) is 2.93. The van der Waals surface area contributed by atoms with Crippen LogP contribution in [0.2, 0.25) is 5.15 Å². The normalized spacial score (nSPS) is 11.5. The number of anilines is 5. The van der Waals surface area contributed by atoms with E-state index in [4.69, 9.17) is 17.3 Å². The average molecular weight is 448 g/mol. The molecule has 0 aliphatic rings. The van der Waals surface area contributed by atoms with Crippen LogP contribution in [-0.2, 0) is 10.0 Å². The molecule has 0 fully saturated rings. The van der Waals surface area contributed by atoms with E-state index in [2.05, 4.69) is 25.6 Å². The molecule has 30 heavy (non-hydrogen) atoms. The van der Waals surface area contributed by atoms with Gasteiger partial charge in [0.25, 0.3) is 0 Å². The van der Waals surface area contributed by atoms with Crippen LogP contribution >= 0.6 is 11.6 Å². The highest BCUT2D eigenvalue weighted by atomic mass is 35.5. The lowest BCUT2D eigenvalue weighted by atomic mass is 10.3. The first-order valence-electron chi connectivity index (χ1n) is 9.22. The molecule has 9 nitrogen and oxygen atoms in total. The molecule has 11 heteroatoms. The molecular formula is C19H22ClN7O2S. The number of nitrogen functional groups attached to an aromatic ring is 1. The zero-order valence-corrected chi connectivity index (χ0v) is 18.1. The Kier molecular flexibility index (Phi) is 6.70. The van der Waals surface area contributed by atoms with Gasteiger partial charge in [0, 0.05) is 25.0 Å². The summed E-state index contributed by atoms with van der Waals surface area (Å²) in [7, 11) is -3.52. The van der Waals surface area contributed by atoms with Crippen LogP contribution in [0, 0.1) is 0 Å². The summed E-state index contributed by atoms with van der Waals surface area (Å²) in [6.45, 7) is 4.43. The molecule has 158 valence electrons. The molecule has 3 aromatic rings. The van der Waals surface area contributed by atoms with Crippen molar-refractivity contribution in [2.45, 2.75) is 18.7 Å². The van der Waals surface area contributed by atoms with E-state index in [0.717, 1.165) is 0 Å². The van der Waals surface area contributed by atoms with Crippen molar-refractivity contribution in [2.24, 2.45) is 0 Å². The lowest BCUT2D eigenvalue weighted by Gasteiger charge is -2.18. The molecule has 0 amide bonds. The van der Waals surface area contributed by atoms with Crippen LogP contribution in [0.1, 0.15) is 13.8 Å². The molecule has 2 aromatic heterocycles. The Bertz CT molecular complexity index is 1120. The second kappa shape index (κ2) is 9.24. The number of benzene rings is 1. The maximum Gasteiger partial charge on any atom is 0.243 e. The number of hydrogen-bond donors (Lipinski definition) is 3. The van der Waals surface area contributed by atoms with Crippen LogP contribution in [-0.4, -0.2) is 40.8 Å². The van der Waals surface area contributed by atoms with Crippen LogP contribution in [0.5, 0.6) is 0 Å². The van der Waals surface area contributed by atoms with E-state index in [1.165, 1.54) is 10.6 Å². The van der Waals surface area contributed by atoms with Crippen LogP contribution in [0.4, 0.5) is 28.7 Å². The fourth-order valence-corrected chi connectivity index (χ4v) is 4.39. The Balaban J connectivity index is 1.81. The van der Waals surface area contributed by atoms with Crippen LogP contribution < -0.4 is 16.4 Å². The maximum atomic E-state index is 12.6. The predicted octanol–water partition coefficient (Wildman–Crippen LogP) is 3.62. The Labute approximate surface area is 180 Å². The fourth-order valence-electron chi connectivity index (χ4n) is 2.76. The second-order valence-corrected chi connectivity index (χ2v) is 8.49. The van der Waals surface area contributed by atoms with Crippen molar-refractivity contribution in [1.82, 2.24) is 19.3 Å². The SMILES string of the molecule is CCN(CC)S(=O)(=O)c1ccc(Nc2ncnc(Nc3cccnc3Cl)c2N)cc1. The first kappa shape index (κ1) is 21.8. The minimum Gasteiger partial charge on any atom is -0.393 e. The minimum atomic E-state index is -3.52. The van der Waals surface area contributed by atoms with E-state index in [9.17, 15) is 8.42 Å². The largest absolute Gasteiger partial charge is 0.393 e. The molecular weight excluding hydrogens is 426 g/mol. The number of nitrogens with one attached hydrogen (secondary N) is 2. The van der Waals surface area contributed by atoms with Crippen LogP contribution in [0.25, 0.3) is 0 Å². The van der Waals surface area contributed by atoms with E-state index < -0.39 is 10.0 Å². The highest BCUT2D eigenvalue weighted by Crippen LogP contribution is 2.30. The number of rotatable bonds is 8. The summed E-state index contributed by atoms with van der Waals surface area (Å²) >= 11 is 6.06. The molecule has 0 unspecified atom stereocenters. The number of halogens is 1. The molecule has 4 N–H and O–H groups in total. The van der Waals surface area contributed by atoms with Gasteiger partial charge in [-0.15, -0.1) is 0 Å². The number of hydrogen-bond acceptors (Lipinski definition) is 8. The quantitative estimate of drug-likeness (QED) is 0.447. The standard InChI is InChI=1S/C19H22ClN7O2S/c1-3-27(4-2)30(28,29)14-9-7-13(8-10-14)25-18-16(21)19(24-12-23-18)26-15-6-5-11-22-17(15)20/h5-12H,3-4,21H2,1-2H3,(H2,23,24,25,26). The minimum absolute atomic E-state index is 0.223. The third kappa shape index (κ3) is 4.61. The highest BCUT2D eigenvalue weighted by molar-refractivity contribution is 7.89. The van der Waals surface area contributed by atoms with E-state index >= 15 is 0 Å². The molecule has 0 saturated heterocycles. The van der Waals surface area contributed by atoms with Gasteiger partial charge < -0.3 is 16.4 Å². The summed E-state index contributed by atoms with van der Waals surface area (Å²) in [5.41, 5.74) is 7.65. The molecule has 2 heterocycles. The fraction of sp³-hybridized carbons (Fsp3) is 0.211. The van der Waals surface area contributed by atoms with Gasteiger partial charge in [-0.25, -0.2) is 23.4 Å². The van der Waals surface area contributed by atoms with Gasteiger partial charge in [0.15, 0.2) is 16.8 Å². The van der Waals surface area contributed by atoms with E-state index in [1.807, 2.05) is 0 Å². The van der Waals surface area contributed by atoms with Gasteiger partial charge >= 0.3 is 0 Å². The van der Waals surface area contributed by atoms with Gasteiger partial charge in [-0.05, 0) is 36.4 Å². The van der Waals surface area contributed by atoms with E-state index in [1.54, 1.807) is 56.4 Å². The van der Waals surface area contributed by atoms with Crippen molar-refractivity contribution in [2.75, 3.05) is 29.5 Å². The van der Waals surface area contributed by atoms with Crippen LogP contribution in [0.3, 0.4) is 0 Å². The van der Waals surface area contributed by atoms with Crippen molar-refractivity contribution in [3.05, 3.63) is 54.1 Å². The van der Waals surface area contributed by atoms with Crippen molar-refractivity contribution >= 4 is 50.3 Å². The predicted molar refractivity (Wildman–Crippen MR) is 119 cm³/mol. The van der Waals surface area contributed by atoms with Gasteiger partial charge in [-0.1, -0.05) is 25.4 Å². The molecule has 1 aromatic carbocycles. The monoisotopic (exact) mass is 447 g/mol. The first-order chi connectivity index (χ1) is 14.4. The Morgan fingerprint density at radius 2 is 1.63 bits per heavy atom. The number of nitrogens with two attached hydrogens (primary N) is 1. The Morgan fingerprint density at radius 3 is 2.23 bits per heavy atom. The average Bonchev–Trinajstić information content (AvgIpc) is 2.73. The van der Waals surface area contributed by atoms with E-state index in [0.29, 0.717) is 36.1 Å². The number of pyridine rings is 1. The molecule has 0 saturated carbocycles. The lowest BCUT2D eigenvalue weighted by molar-refractivity contribution is 0.445. The molecule has 0 aliphatic carbocycles. The second-order valence-electron chi connectivity index (χ2n) is 6.19. The third-order valence-electron chi connectivity index (χ3n) is 4.36. The summed E-state index contributed by atoms with van der Waals surface area (Å²) < 4.78 is 26.6. The topological polar surface area (TPSA) is 126 Å². The molecule has 0 spiro atoms. The smallest absolute Gasteiger partial charge is 0.243 e. The number of sulfonamides is 1. The molecule has 0 aliphatic heterocycles. The zero-order valence-electron chi connectivity index (χ0n) is 16.5.